The minimum Gasteiger partial charge on any atom is -0.492 e. The molecule has 1 fully saturated rings. The third-order valence-electron chi connectivity index (χ3n) is 6.75. The van der Waals surface area contributed by atoms with Gasteiger partial charge in [-0.15, -0.1) is 0 Å². The first-order valence-electron chi connectivity index (χ1n) is 13.5. The average molecular weight is 544 g/mol. The fourth-order valence-electron chi connectivity index (χ4n) is 4.53. The van der Waals surface area contributed by atoms with E-state index >= 15 is 0 Å². The molecule has 10 heteroatoms. The molecule has 208 valence electrons. The number of rotatable bonds is 12. The van der Waals surface area contributed by atoms with Crippen LogP contribution in [-0.4, -0.2) is 58.4 Å². The number of aromatic nitrogens is 3. The van der Waals surface area contributed by atoms with E-state index in [1.807, 2.05) is 36.4 Å². The molecule has 0 saturated carbocycles. The van der Waals surface area contributed by atoms with Crippen molar-refractivity contribution in [1.82, 2.24) is 20.3 Å². The lowest BCUT2D eigenvalue weighted by Crippen LogP contribution is -2.25. The van der Waals surface area contributed by atoms with Gasteiger partial charge in [-0.25, -0.2) is 0 Å². The van der Waals surface area contributed by atoms with Gasteiger partial charge >= 0.3 is 5.97 Å². The largest absolute Gasteiger partial charge is 0.492 e. The summed E-state index contributed by atoms with van der Waals surface area (Å²) in [5.41, 5.74) is 3.81. The number of benzene rings is 2. The predicted octanol–water partition coefficient (Wildman–Crippen LogP) is 4.78. The Bertz CT molecular complexity index is 1410. The number of anilines is 1. The summed E-state index contributed by atoms with van der Waals surface area (Å²) in [6.07, 6.45) is 3.35. The van der Waals surface area contributed by atoms with Gasteiger partial charge in [-0.1, -0.05) is 29.4 Å². The van der Waals surface area contributed by atoms with E-state index in [9.17, 15) is 9.59 Å². The number of nitrogens with one attached hydrogen (secondary N) is 2. The molecule has 10 nitrogen and oxygen atoms in total. The monoisotopic (exact) mass is 543 g/mol. The minimum absolute atomic E-state index is 0.104. The van der Waals surface area contributed by atoms with Crippen LogP contribution >= 0.6 is 0 Å². The van der Waals surface area contributed by atoms with Crippen LogP contribution in [0.4, 0.5) is 5.82 Å². The summed E-state index contributed by atoms with van der Waals surface area (Å²) in [7, 11) is 0. The number of aryl methyl sites for hydroxylation is 2. The fraction of sp³-hybridized carbons (Fsp3) is 0.333. The third kappa shape index (κ3) is 7.57. The highest BCUT2D eigenvalue weighted by Gasteiger charge is 2.13. The first kappa shape index (κ1) is 27.1. The summed E-state index contributed by atoms with van der Waals surface area (Å²) in [6.45, 7) is 5.74. The summed E-state index contributed by atoms with van der Waals surface area (Å²) in [6, 6.07) is 18.4. The van der Waals surface area contributed by atoms with E-state index in [4.69, 9.17) is 14.0 Å². The summed E-state index contributed by atoms with van der Waals surface area (Å²) in [5, 5.41) is 13.8. The molecule has 3 heterocycles. The van der Waals surface area contributed by atoms with Crippen LogP contribution in [0.25, 0.3) is 11.3 Å². The molecule has 0 aliphatic carbocycles. The Hall–Kier alpha value is -4.44. The van der Waals surface area contributed by atoms with Gasteiger partial charge in [0.1, 0.15) is 30.4 Å². The number of aromatic amines is 1. The first-order valence-corrected chi connectivity index (χ1v) is 13.5. The normalized spacial score (nSPS) is 13.3. The molecule has 1 aliphatic heterocycles. The summed E-state index contributed by atoms with van der Waals surface area (Å²) in [4.78, 5) is 27.1. The van der Waals surface area contributed by atoms with Gasteiger partial charge in [0.25, 0.3) is 5.91 Å². The molecular formula is C30H33N5O5. The second kappa shape index (κ2) is 13.1. The van der Waals surface area contributed by atoms with Crippen molar-refractivity contribution < 1.29 is 23.6 Å². The van der Waals surface area contributed by atoms with Crippen LogP contribution in [0.5, 0.6) is 5.75 Å². The van der Waals surface area contributed by atoms with Crippen molar-refractivity contribution in [2.45, 2.75) is 39.2 Å². The topological polar surface area (TPSA) is 123 Å². The molecular weight excluding hydrogens is 510 g/mol. The minimum atomic E-state index is -0.293. The average Bonchev–Trinajstić information content (AvgIpc) is 3.75. The van der Waals surface area contributed by atoms with Gasteiger partial charge in [0.05, 0.1) is 5.69 Å². The number of likely N-dealkylation sites (tertiary alicyclic amines) is 1. The Morgan fingerprint density at radius 3 is 2.55 bits per heavy atom. The molecule has 5 rings (SSSR count). The second-order valence-corrected chi connectivity index (χ2v) is 9.83. The lowest BCUT2D eigenvalue weighted by molar-refractivity contribution is -0.145. The van der Waals surface area contributed by atoms with Crippen molar-refractivity contribution in [3.63, 3.8) is 0 Å². The van der Waals surface area contributed by atoms with E-state index in [-0.39, 0.29) is 24.9 Å². The molecule has 1 aliphatic rings. The molecule has 1 amide bonds. The number of hydrogen-bond acceptors (Lipinski definition) is 8. The maximum absolute atomic E-state index is 12.7. The second-order valence-electron chi connectivity index (χ2n) is 9.83. The molecule has 0 spiro atoms. The molecule has 2 N–H and O–H groups in total. The zero-order valence-electron chi connectivity index (χ0n) is 22.5. The van der Waals surface area contributed by atoms with Crippen LogP contribution in [-0.2, 0) is 22.6 Å². The van der Waals surface area contributed by atoms with Crippen LogP contribution in [0.3, 0.4) is 0 Å². The number of esters is 1. The van der Waals surface area contributed by atoms with Crippen LogP contribution in [0, 0.1) is 6.92 Å². The first-order chi connectivity index (χ1) is 19.5. The van der Waals surface area contributed by atoms with Crippen molar-refractivity contribution in [1.29, 1.82) is 0 Å². The number of ether oxygens (including phenoxy) is 2. The van der Waals surface area contributed by atoms with Crippen LogP contribution in [0.2, 0.25) is 0 Å². The lowest BCUT2D eigenvalue weighted by atomic mass is 10.1. The number of hydrogen-bond donors (Lipinski definition) is 2. The van der Waals surface area contributed by atoms with Crippen molar-refractivity contribution in [3.8, 4) is 17.0 Å². The zero-order chi connectivity index (χ0) is 27.7. The number of nitrogens with zero attached hydrogens (tertiary/aromatic N) is 3. The van der Waals surface area contributed by atoms with Crippen molar-refractivity contribution >= 4 is 17.7 Å². The van der Waals surface area contributed by atoms with Gasteiger partial charge in [0, 0.05) is 30.7 Å². The van der Waals surface area contributed by atoms with Gasteiger partial charge in [0.15, 0.2) is 5.82 Å². The number of carbonyl (C=O) groups excluding carboxylic acids is 2. The zero-order valence-corrected chi connectivity index (χ0v) is 22.5. The van der Waals surface area contributed by atoms with Crippen LogP contribution in [0.15, 0.2) is 65.2 Å². The number of H-pyrrole nitrogens is 1. The molecule has 0 unspecified atom stereocenters. The Balaban J connectivity index is 1.06. The summed E-state index contributed by atoms with van der Waals surface area (Å²) < 4.78 is 16.0. The van der Waals surface area contributed by atoms with Crippen molar-refractivity contribution in [3.05, 3.63) is 83.2 Å². The van der Waals surface area contributed by atoms with Crippen molar-refractivity contribution in [2.75, 3.05) is 31.6 Å². The Morgan fingerprint density at radius 2 is 1.82 bits per heavy atom. The molecule has 0 radical (unpaired) electrons. The lowest BCUT2D eigenvalue weighted by Gasteiger charge is -2.14. The van der Waals surface area contributed by atoms with Crippen LogP contribution in [0.1, 0.15) is 46.6 Å². The Kier molecular flexibility index (Phi) is 8.87. The SMILES string of the molecule is Cc1cc(COC(=O)CCc2ccc(-c3cc(NC(=O)c4ccc(OCCN5CCCC5)cc4)n[nH]3)cc2)no1. The number of amides is 1. The molecule has 40 heavy (non-hydrogen) atoms. The third-order valence-corrected chi connectivity index (χ3v) is 6.75. The maximum Gasteiger partial charge on any atom is 0.306 e. The van der Waals surface area contributed by atoms with Crippen molar-refractivity contribution in [2.24, 2.45) is 0 Å². The van der Waals surface area contributed by atoms with Gasteiger partial charge in [-0.2, -0.15) is 5.10 Å². The molecule has 4 aromatic rings. The predicted molar refractivity (Wildman–Crippen MR) is 149 cm³/mol. The quantitative estimate of drug-likeness (QED) is 0.245. The van der Waals surface area contributed by atoms with E-state index in [1.54, 1.807) is 31.2 Å². The molecule has 2 aromatic carbocycles. The molecule has 0 bridgehead atoms. The standard InChI is InChI=1S/C30H33N5O5/c1-21-18-25(34-40-21)20-39-29(36)13-6-22-4-7-23(8-5-22)27-19-28(33-32-27)31-30(37)24-9-11-26(12-10-24)38-17-16-35-14-2-3-15-35/h4-5,7-12,18-19H,2-3,6,13-17,20H2,1H3,(H2,31,32,33,37). The highest BCUT2D eigenvalue weighted by Crippen LogP contribution is 2.22. The fourth-order valence-corrected chi connectivity index (χ4v) is 4.53. The van der Waals surface area contributed by atoms with Gasteiger partial charge in [-0.3, -0.25) is 19.6 Å². The molecule has 2 aromatic heterocycles. The van der Waals surface area contributed by atoms with Gasteiger partial charge in [0.2, 0.25) is 0 Å². The highest BCUT2D eigenvalue weighted by atomic mass is 16.5. The Morgan fingerprint density at radius 1 is 1.05 bits per heavy atom. The van der Waals surface area contributed by atoms with E-state index in [0.29, 0.717) is 35.9 Å². The Labute approximate surface area is 232 Å². The number of carbonyl (C=O) groups is 2. The molecule has 1 saturated heterocycles. The van der Waals surface area contributed by atoms with E-state index in [2.05, 4.69) is 25.6 Å². The van der Waals surface area contributed by atoms with E-state index in [1.165, 1.54) is 12.8 Å². The van der Waals surface area contributed by atoms with E-state index in [0.717, 1.165) is 42.2 Å². The molecule has 0 atom stereocenters. The highest BCUT2D eigenvalue weighted by molar-refractivity contribution is 6.04. The summed E-state index contributed by atoms with van der Waals surface area (Å²) >= 11 is 0. The van der Waals surface area contributed by atoms with Gasteiger partial charge < -0.3 is 19.3 Å². The van der Waals surface area contributed by atoms with Gasteiger partial charge in [-0.05, 0) is 74.7 Å². The smallest absolute Gasteiger partial charge is 0.306 e. The maximum atomic E-state index is 12.7. The van der Waals surface area contributed by atoms with Crippen LogP contribution < -0.4 is 10.1 Å². The van der Waals surface area contributed by atoms with E-state index < -0.39 is 0 Å². The summed E-state index contributed by atoms with van der Waals surface area (Å²) in [5.74, 6) is 1.32.